The number of ether oxygens (including phenoxy) is 1. The second-order valence-electron chi connectivity index (χ2n) is 5.65. The molecule has 0 aliphatic heterocycles. The lowest BCUT2D eigenvalue weighted by molar-refractivity contribution is 0.0606. The molecule has 7 nitrogen and oxygen atoms in total. The third-order valence-corrected chi connectivity index (χ3v) is 5.16. The summed E-state index contributed by atoms with van der Waals surface area (Å²) in [6, 6.07) is 5.44. The zero-order valence-electron chi connectivity index (χ0n) is 13.2. The monoisotopic (exact) mass is 377 g/mol. The third-order valence-electron chi connectivity index (χ3n) is 3.82. The van der Waals surface area contributed by atoms with Crippen molar-refractivity contribution < 1.29 is 11.0 Å². The van der Waals surface area contributed by atoms with Gasteiger partial charge in [0.1, 0.15) is 9.90 Å². The molecule has 130 valence electrons. The number of aromatic amines is 1. The Hall–Kier alpha value is -2.45. The topological polar surface area (TPSA) is 92.8 Å². The predicted molar refractivity (Wildman–Crippen MR) is 97.7 cm³/mol. The zero-order chi connectivity index (χ0) is 17.4. The molecule has 3 aromatic heterocycles. The minimum atomic E-state index is -0.382. The molecule has 1 fully saturated rings. The quantitative estimate of drug-likeness (QED) is 0.646. The molecule has 1 saturated carbocycles. The lowest BCUT2D eigenvalue weighted by Crippen LogP contribution is -1.98. The van der Waals surface area contributed by atoms with E-state index in [1.54, 1.807) is 12.1 Å². The van der Waals surface area contributed by atoms with Crippen molar-refractivity contribution >= 4 is 40.5 Å². The fourth-order valence-corrected chi connectivity index (χ4v) is 3.37. The van der Waals surface area contributed by atoms with Crippen LogP contribution in [0.4, 0.5) is 11.6 Å². The van der Waals surface area contributed by atoms with Crippen LogP contribution in [-0.4, -0.2) is 33.2 Å². The van der Waals surface area contributed by atoms with Gasteiger partial charge >= 0.3 is 5.97 Å². The summed E-state index contributed by atoms with van der Waals surface area (Å²) in [7, 11) is 1.35. The summed E-state index contributed by atoms with van der Waals surface area (Å²) in [5, 5.41) is 10.8. The molecule has 9 heteroatoms. The van der Waals surface area contributed by atoms with Crippen LogP contribution in [0.3, 0.4) is 0 Å². The highest BCUT2D eigenvalue weighted by Gasteiger charge is 2.25. The lowest BCUT2D eigenvalue weighted by Gasteiger charge is -2.05. The van der Waals surface area contributed by atoms with Crippen LogP contribution in [0.2, 0.25) is 5.02 Å². The van der Waals surface area contributed by atoms with Crippen molar-refractivity contribution in [1.82, 2.24) is 20.2 Å². The Balaban J connectivity index is 0.00000196. The molecule has 2 N–H and O–H groups in total. The normalized spacial score (nSPS) is 13.7. The Morgan fingerprint density at radius 3 is 3.08 bits per heavy atom. The summed E-state index contributed by atoms with van der Waals surface area (Å²) in [5.74, 6) is 1.81. The van der Waals surface area contributed by atoms with E-state index in [4.69, 9.17) is 16.3 Å². The molecule has 25 heavy (non-hydrogen) atoms. The maximum absolute atomic E-state index is 11.6. The van der Waals surface area contributed by atoms with Gasteiger partial charge < -0.3 is 10.1 Å². The molecule has 1 aliphatic rings. The highest BCUT2D eigenvalue weighted by atomic mass is 35.5. The first kappa shape index (κ1) is 16.0. The maximum atomic E-state index is 11.6. The lowest BCUT2D eigenvalue weighted by atomic mass is 10.3. The number of rotatable bonds is 5. The van der Waals surface area contributed by atoms with Gasteiger partial charge in [0.05, 0.1) is 18.2 Å². The Labute approximate surface area is 153 Å². The van der Waals surface area contributed by atoms with Crippen LogP contribution >= 0.6 is 22.9 Å². The minimum Gasteiger partial charge on any atom is -0.465 e. The number of nitrogens with zero attached hydrogens (tertiary/aromatic N) is 3. The van der Waals surface area contributed by atoms with Crippen molar-refractivity contribution in [2.45, 2.75) is 18.8 Å². The number of hydrogen-bond donors (Lipinski definition) is 2. The SMILES string of the molecule is COC(=O)c1ccc(-c2ncc(Cl)c(Nc3cc(C4CC4)[nH]n3)n2)s1.[HH]. The smallest absolute Gasteiger partial charge is 0.348 e. The van der Waals surface area contributed by atoms with Gasteiger partial charge in [0.15, 0.2) is 17.5 Å². The summed E-state index contributed by atoms with van der Waals surface area (Å²) < 4.78 is 4.72. The Morgan fingerprint density at radius 1 is 1.48 bits per heavy atom. The number of hydrogen-bond acceptors (Lipinski definition) is 7. The molecule has 4 rings (SSSR count). The second kappa shape index (κ2) is 6.45. The summed E-state index contributed by atoms with van der Waals surface area (Å²) in [6.45, 7) is 0. The van der Waals surface area contributed by atoms with Crippen LogP contribution < -0.4 is 5.32 Å². The van der Waals surface area contributed by atoms with E-state index in [1.165, 1.54) is 37.5 Å². The molecule has 1 aliphatic carbocycles. The highest BCUT2D eigenvalue weighted by molar-refractivity contribution is 7.17. The van der Waals surface area contributed by atoms with Crippen molar-refractivity contribution in [2.75, 3.05) is 12.4 Å². The van der Waals surface area contributed by atoms with Gasteiger partial charge in [0.25, 0.3) is 0 Å². The molecule has 0 saturated heterocycles. The van der Waals surface area contributed by atoms with Crippen molar-refractivity contribution in [3.8, 4) is 10.7 Å². The number of methoxy groups -OCH3 is 1. The van der Waals surface area contributed by atoms with E-state index in [2.05, 4.69) is 25.5 Å². The molecule has 3 aromatic rings. The van der Waals surface area contributed by atoms with E-state index in [0.717, 1.165) is 10.6 Å². The van der Waals surface area contributed by atoms with Crippen LogP contribution in [0.25, 0.3) is 10.7 Å². The van der Waals surface area contributed by atoms with Gasteiger partial charge in [0, 0.05) is 19.1 Å². The minimum absolute atomic E-state index is 0. The average molecular weight is 378 g/mol. The molecular weight excluding hydrogens is 362 g/mol. The van der Waals surface area contributed by atoms with Crippen molar-refractivity contribution in [2.24, 2.45) is 0 Å². The van der Waals surface area contributed by atoms with Gasteiger partial charge in [-0.1, -0.05) is 11.6 Å². The molecule has 0 radical (unpaired) electrons. The number of aromatic nitrogens is 4. The zero-order valence-corrected chi connectivity index (χ0v) is 14.8. The Bertz CT molecular complexity index is 940. The highest BCUT2D eigenvalue weighted by Crippen LogP contribution is 2.40. The van der Waals surface area contributed by atoms with E-state index in [9.17, 15) is 4.79 Å². The molecule has 0 amide bonds. The Morgan fingerprint density at radius 2 is 2.32 bits per heavy atom. The van der Waals surface area contributed by atoms with Crippen molar-refractivity contribution in [1.29, 1.82) is 0 Å². The molecule has 3 heterocycles. The summed E-state index contributed by atoms with van der Waals surface area (Å²) in [4.78, 5) is 21.5. The van der Waals surface area contributed by atoms with E-state index < -0.39 is 0 Å². The van der Waals surface area contributed by atoms with E-state index >= 15 is 0 Å². The standard InChI is InChI=1S/C16H14ClN5O2S.H2/c1-24-16(23)12-5-4-11(25-12)15-18-7-9(17)14(20-15)19-13-6-10(21-22-13)8-2-3-8;/h4-8H,2-3H2,1H3,(H2,18,19,20,21,22);1H. The summed E-state index contributed by atoms with van der Waals surface area (Å²) in [6.07, 6.45) is 3.92. The molecule has 0 aromatic carbocycles. The van der Waals surface area contributed by atoms with Gasteiger partial charge in [-0.3, -0.25) is 5.10 Å². The summed E-state index contributed by atoms with van der Waals surface area (Å²) in [5.41, 5.74) is 1.12. The Kier molecular flexibility index (Phi) is 4.14. The van der Waals surface area contributed by atoms with Crippen LogP contribution in [0, 0.1) is 0 Å². The first-order valence-electron chi connectivity index (χ1n) is 7.67. The number of thiophene rings is 1. The van der Waals surface area contributed by atoms with Crippen molar-refractivity contribution in [3.63, 3.8) is 0 Å². The van der Waals surface area contributed by atoms with Gasteiger partial charge in [-0.05, 0) is 25.0 Å². The number of H-pyrrole nitrogens is 1. The number of anilines is 2. The first-order chi connectivity index (χ1) is 12.1. The average Bonchev–Trinajstić information content (AvgIpc) is 3.17. The van der Waals surface area contributed by atoms with Crippen molar-refractivity contribution in [3.05, 3.63) is 40.0 Å². The molecule has 0 atom stereocenters. The number of halogens is 1. The fraction of sp³-hybridized carbons (Fsp3) is 0.250. The second-order valence-corrected chi connectivity index (χ2v) is 7.14. The van der Waals surface area contributed by atoms with E-state index in [-0.39, 0.29) is 7.40 Å². The molecular formula is C16H16ClN5O2S. The number of carbonyl (C=O) groups is 1. The first-order valence-corrected chi connectivity index (χ1v) is 8.87. The predicted octanol–water partition coefficient (Wildman–Crippen LogP) is 4.24. The van der Waals surface area contributed by atoms with Gasteiger partial charge in [0.2, 0.25) is 0 Å². The van der Waals surface area contributed by atoms with Crippen LogP contribution in [0.1, 0.15) is 35.6 Å². The number of carbonyl (C=O) groups excluding carboxylic acids is 1. The molecule has 0 spiro atoms. The van der Waals surface area contributed by atoms with Crippen LogP contribution in [0.15, 0.2) is 24.4 Å². The van der Waals surface area contributed by atoms with Gasteiger partial charge in [-0.25, -0.2) is 14.8 Å². The van der Waals surface area contributed by atoms with E-state index in [1.807, 2.05) is 6.07 Å². The number of esters is 1. The molecule has 0 unspecified atom stereocenters. The third kappa shape index (κ3) is 3.35. The van der Waals surface area contributed by atoms with E-state index in [0.29, 0.717) is 33.3 Å². The van der Waals surface area contributed by atoms with Crippen LogP contribution in [-0.2, 0) is 4.74 Å². The molecule has 0 bridgehead atoms. The number of nitrogens with one attached hydrogen (secondary N) is 2. The van der Waals surface area contributed by atoms with Crippen LogP contribution in [0.5, 0.6) is 0 Å². The summed E-state index contributed by atoms with van der Waals surface area (Å²) >= 11 is 7.46. The van der Waals surface area contributed by atoms with Gasteiger partial charge in [-0.15, -0.1) is 11.3 Å². The largest absolute Gasteiger partial charge is 0.465 e. The fourth-order valence-electron chi connectivity index (χ4n) is 2.37. The van der Waals surface area contributed by atoms with Gasteiger partial charge in [-0.2, -0.15) is 5.10 Å². The maximum Gasteiger partial charge on any atom is 0.348 e.